The van der Waals surface area contributed by atoms with Crippen LogP contribution >= 0.6 is 0 Å². The Bertz CT molecular complexity index is 222. The van der Waals surface area contributed by atoms with Crippen LogP contribution < -0.4 is 5.32 Å². The fraction of sp³-hybridized carbons (Fsp3) is 0.818. The monoisotopic (exact) mass is 211 g/mol. The van der Waals surface area contributed by atoms with Gasteiger partial charge in [0.25, 0.3) is 0 Å². The zero-order valence-corrected chi connectivity index (χ0v) is 9.92. The Morgan fingerprint density at radius 2 is 2.27 bits per heavy atom. The summed E-state index contributed by atoms with van der Waals surface area (Å²) in [6, 6.07) is 2.30. The summed E-state index contributed by atoms with van der Waals surface area (Å²) in [7, 11) is 1.85. The molecule has 1 amide bonds. The number of nitriles is 1. The molecule has 0 aromatic carbocycles. The van der Waals surface area contributed by atoms with Gasteiger partial charge in [0.1, 0.15) is 0 Å². The Kier molecular flexibility index (Phi) is 7.65. The van der Waals surface area contributed by atoms with E-state index in [9.17, 15) is 4.79 Å². The van der Waals surface area contributed by atoms with E-state index in [1.807, 2.05) is 18.9 Å². The summed E-state index contributed by atoms with van der Waals surface area (Å²) in [5.41, 5.74) is 0. The van der Waals surface area contributed by atoms with E-state index in [0.29, 0.717) is 19.5 Å². The number of likely N-dealkylation sites (N-methyl/N-ethyl adjacent to an activating group) is 1. The largest absolute Gasteiger partial charge is 0.353 e. The summed E-state index contributed by atoms with van der Waals surface area (Å²) in [5.74, 6) is 0.0383. The van der Waals surface area contributed by atoms with Crippen molar-refractivity contribution in [3.05, 3.63) is 0 Å². The summed E-state index contributed by atoms with van der Waals surface area (Å²) in [6.07, 6.45) is 2.55. The molecular weight excluding hydrogens is 190 g/mol. The second-order valence-electron chi connectivity index (χ2n) is 3.90. The molecule has 0 aromatic heterocycles. The summed E-state index contributed by atoms with van der Waals surface area (Å²) in [4.78, 5) is 13.3. The number of carbonyl (C=O) groups excluding carboxylic acids is 1. The quantitative estimate of drug-likeness (QED) is 0.687. The first-order valence-electron chi connectivity index (χ1n) is 5.45. The van der Waals surface area contributed by atoms with E-state index in [1.165, 1.54) is 0 Å². The van der Waals surface area contributed by atoms with Crippen molar-refractivity contribution >= 4 is 5.91 Å². The highest BCUT2D eigenvalue weighted by atomic mass is 16.2. The van der Waals surface area contributed by atoms with Crippen LogP contribution in [-0.2, 0) is 4.79 Å². The number of nitrogens with one attached hydrogen (secondary N) is 1. The minimum absolute atomic E-state index is 0.0383. The Morgan fingerprint density at radius 1 is 1.60 bits per heavy atom. The Morgan fingerprint density at radius 3 is 2.80 bits per heavy atom. The molecule has 1 atom stereocenters. The molecule has 1 N–H and O–H groups in total. The van der Waals surface area contributed by atoms with Gasteiger partial charge in [-0.3, -0.25) is 9.69 Å². The van der Waals surface area contributed by atoms with Crippen molar-refractivity contribution in [1.29, 1.82) is 5.26 Å². The molecule has 0 heterocycles. The van der Waals surface area contributed by atoms with Crippen molar-refractivity contribution < 1.29 is 4.79 Å². The molecule has 0 aromatic rings. The van der Waals surface area contributed by atoms with E-state index < -0.39 is 0 Å². The topological polar surface area (TPSA) is 56.1 Å². The number of rotatable bonds is 7. The molecule has 1 unspecified atom stereocenters. The highest BCUT2D eigenvalue weighted by molar-refractivity contribution is 5.78. The maximum absolute atomic E-state index is 11.5. The summed E-state index contributed by atoms with van der Waals surface area (Å²) in [6.45, 7) is 5.13. The molecule has 0 aliphatic heterocycles. The first-order valence-corrected chi connectivity index (χ1v) is 5.45. The third-order valence-electron chi connectivity index (χ3n) is 2.15. The van der Waals surface area contributed by atoms with Crippen LogP contribution in [0.5, 0.6) is 0 Å². The average Bonchev–Trinajstić information content (AvgIpc) is 2.14. The summed E-state index contributed by atoms with van der Waals surface area (Å²) < 4.78 is 0. The van der Waals surface area contributed by atoms with Gasteiger partial charge in [-0.1, -0.05) is 13.3 Å². The van der Waals surface area contributed by atoms with Crippen LogP contribution in [0.4, 0.5) is 0 Å². The first kappa shape index (κ1) is 13.9. The summed E-state index contributed by atoms with van der Waals surface area (Å²) >= 11 is 0. The van der Waals surface area contributed by atoms with E-state index >= 15 is 0 Å². The highest BCUT2D eigenvalue weighted by Gasteiger charge is 2.08. The molecule has 86 valence electrons. The molecule has 4 nitrogen and oxygen atoms in total. The second-order valence-corrected chi connectivity index (χ2v) is 3.90. The van der Waals surface area contributed by atoms with Crippen LogP contribution in [0, 0.1) is 11.3 Å². The van der Waals surface area contributed by atoms with Crippen LogP contribution in [0.15, 0.2) is 0 Å². The maximum Gasteiger partial charge on any atom is 0.234 e. The van der Waals surface area contributed by atoms with Crippen LogP contribution in [0.1, 0.15) is 33.1 Å². The molecule has 0 saturated carbocycles. The molecule has 15 heavy (non-hydrogen) atoms. The molecule has 0 aliphatic carbocycles. The minimum Gasteiger partial charge on any atom is -0.353 e. The van der Waals surface area contributed by atoms with Gasteiger partial charge in [0.15, 0.2) is 0 Å². The average molecular weight is 211 g/mol. The van der Waals surface area contributed by atoms with E-state index in [1.54, 1.807) is 0 Å². The van der Waals surface area contributed by atoms with E-state index in [4.69, 9.17) is 5.26 Å². The maximum atomic E-state index is 11.5. The Balaban J connectivity index is 3.68. The lowest BCUT2D eigenvalue weighted by Crippen LogP contribution is -2.39. The summed E-state index contributed by atoms with van der Waals surface area (Å²) in [5, 5.41) is 11.3. The van der Waals surface area contributed by atoms with Crippen molar-refractivity contribution in [3.8, 4) is 6.07 Å². The first-order chi connectivity index (χ1) is 7.10. The molecular formula is C11H21N3O. The van der Waals surface area contributed by atoms with E-state index in [0.717, 1.165) is 12.8 Å². The number of carbonyl (C=O) groups is 1. The van der Waals surface area contributed by atoms with E-state index in [-0.39, 0.29) is 11.9 Å². The lowest BCUT2D eigenvalue weighted by Gasteiger charge is -2.17. The molecule has 0 bridgehead atoms. The molecule has 0 aliphatic rings. The van der Waals surface area contributed by atoms with Crippen molar-refractivity contribution in [2.24, 2.45) is 0 Å². The van der Waals surface area contributed by atoms with Gasteiger partial charge in [-0.2, -0.15) is 5.26 Å². The van der Waals surface area contributed by atoms with Crippen LogP contribution in [0.3, 0.4) is 0 Å². The van der Waals surface area contributed by atoms with Gasteiger partial charge in [-0.25, -0.2) is 0 Å². The molecule has 0 rings (SSSR count). The second kappa shape index (κ2) is 8.25. The lowest BCUT2D eigenvalue weighted by atomic mass is 10.2. The predicted molar refractivity (Wildman–Crippen MR) is 60.2 cm³/mol. The highest BCUT2D eigenvalue weighted by Crippen LogP contribution is 1.95. The normalized spacial score (nSPS) is 12.2. The van der Waals surface area contributed by atoms with Crippen LogP contribution in [0.25, 0.3) is 0 Å². The fourth-order valence-electron chi connectivity index (χ4n) is 1.39. The van der Waals surface area contributed by atoms with Gasteiger partial charge in [-0.05, 0) is 20.4 Å². The number of hydrogen-bond acceptors (Lipinski definition) is 3. The van der Waals surface area contributed by atoms with Crippen molar-refractivity contribution in [3.63, 3.8) is 0 Å². The molecule has 0 fully saturated rings. The predicted octanol–water partition coefficient (Wildman–Crippen LogP) is 1.14. The number of hydrogen-bond donors (Lipinski definition) is 1. The third kappa shape index (κ3) is 7.95. The van der Waals surface area contributed by atoms with Crippen molar-refractivity contribution in [2.45, 2.75) is 39.2 Å². The van der Waals surface area contributed by atoms with Crippen molar-refractivity contribution in [1.82, 2.24) is 10.2 Å². The Labute approximate surface area is 92.3 Å². The van der Waals surface area contributed by atoms with Gasteiger partial charge in [-0.15, -0.1) is 0 Å². The van der Waals surface area contributed by atoms with Gasteiger partial charge in [0, 0.05) is 19.0 Å². The van der Waals surface area contributed by atoms with Crippen LogP contribution in [-0.4, -0.2) is 37.0 Å². The van der Waals surface area contributed by atoms with Crippen LogP contribution in [0.2, 0.25) is 0 Å². The van der Waals surface area contributed by atoms with Crippen molar-refractivity contribution in [2.75, 3.05) is 20.1 Å². The number of amides is 1. The van der Waals surface area contributed by atoms with Gasteiger partial charge in [0.05, 0.1) is 12.6 Å². The van der Waals surface area contributed by atoms with E-state index in [2.05, 4.69) is 18.3 Å². The molecule has 0 radical (unpaired) electrons. The molecule has 4 heteroatoms. The number of nitrogens with zero attached hydrogens (tertiary/aromatic N) is 2. The van der Waals surface area contributed by atoms with Gasteiger partial charge < -0.3 is 5.32 Å². The lowest BCUT2D eigenvalue weighted by molar-refractivity contribution is -0.122. The van der Waals surface area contributed by atoms with Gasteiger partial charge in [0.2, 0.25) is 5.91 Å². The Hall–Kier alpha value is -1.08. The smallest absolute Gasteiger partial charge is 0.234 e. The SMILES string of the molecule is CCCC(C)NC(=O)CN(C)CCC#N. The fourth-order valence-corrected chi connectivity index (χ4v) is 1.39. The van der Waals surface area contributed by atoms with Gasteiger partial charge >= 0.3 is 0 Å². The molecule has 0 spiro atoms. The third-order valence-corrected chi connectivity index (χ3v) is 2.15. The zero-order valence-electron chi connectivity index (χ0n) is 9.92. The standard InChI is InChI=1S/C11H21N3O/c1-4-6-10(2)13-11(15)9-14(3)8-5-7-12/h10H,4-6,8-9H2,1-3H3,(H,13,15). The molecule has 0 saturated heterocycles. The zero-order chi connectivity index (χ0) is 11.7. The minimum atomic E-state index is 0.0383.